The molecule has 1 aromatic carbocycles. The molecule has 106 valence electrons. The van der Waals surface area contributed by atoms with Gasteiger partial charge in [0.25, 0.3) is 0 Å². The highest BCUT2D eigenvalue weighted by Gasteiger charge is 2.27. The first-order valence-electron chi connectivity index (χ1n) is 7.43. The van der Waals surface area contributed by atoms with Crippen LogP contribution in [0.4, 0.5) is 0 Å². The van der Waals surface area contributed by atoms with Crippen LogP contribution in [-0.4, -0.2) is 22.3 Å². The Balaban J connectivity index is 1.96. The molecule has 0 amide bonds. The van der Waals surface area contributed by atoms with Gasteiger partial charge in [0.15, 0.2) is 0 Å². The van der Waals surface area contributed by atoms with Crippen molar-refractivity contribution in [3.63, 3.8) is 0 Å². The molecule has 0 spiro atoms. The van der Waals surface area contributed by atoms with Gasteiger partial charge in [0.1, 0.15) is 5.75 Å². The zero-order chi connectivity index (χ0) is 13.7. The SMILES string of the molecule is CCCCC1CCC[C@@H]([C@H](O)c2cccc(O)c2)N1. The number of hydrogen-bond donors (Lipinski definition) is 3. The Labute approximate surface area is 115 Å². The number of rotatable bonds is 5. The zero-order valence-corrected chi connectivity index (χ0v) is 11.7. The van der Waals surface area contributed by atoms with Crippen LogP contribution in [0.25, 0.3) is 0 Å². The van der Waals surface area contributed by atoms with E-state index in [1.165, 1.54) is 32.1 Å². The maximum absolute atomic E-state index is 10.4. The number of phenols is 1. The molecular weight excluding hydrogens is 238 g/mol. The van der Waals surface area contributed by atoms with Crippen molar-refractivity contribution in [1.29, 1.82) is 0 Å². The summed E-state index contributed by atoms with van der Waals surface area (Å²) in [6.07, 6.45) is 6.51. The van der Waals surface area contributed by atoms with Crippen molar-refractivity contribution in [3.05, 3.63) is 29.8 Å². The van der Waals surface area contributed by atoms with E-state index in [9.17, 15) is 10.2 Å². The number of nitrogens with one attached hydrogen (secondary N) is 1. The molecule has 2 rings (SSSR count). The molecule has 1 aromatic rings. The van der Waals surface area contributed by atoms with Gasteiger partial charge in [-0.05, 0) is 37.0 Å². The van der Waals surface area contributed by atoms with Gasteiger partial charge in [-0.2, -0.15) is 0 Å². The lowest BCUT2D eigenvalue weighted by Crippen LogP contribution is -2.45. The number of piperidine rings is 1. The average molecular weight is 263 g/mol. The van der Waals surface area contributed by atoms with Crippen molar-refractivity contribution in [2.45, 2.75) is 63.6 Å². The van der Waals surface area contributed by atoms with E-state index in [4.69, 9.17) is 0 Å². The number of aromatic hydroxyl groups is 1. The Morgan fingerprint density at radius 2 is 2.21 bits per heavy atom. The van der Waals surface area contributed by atoms with Crippen molar-refractivity contribution in [2.75, 3.05) is 0 Å². The lowest BCUT2D eigenvalue weighted by molar-refractivity contribution is 0.0993. The minimum Gasteiger partial charge on any atom is -0.508 e. The minimum atomic E-state index is -0.531. The van der Waals surface area contributed by atoms with Crippen LogP contribution in [0.5, 0.6) is 5.75 Å². The molecule has 0 aromatic heterocycles. The Morgan fingerprint density at radius 1 is 1.37 bits per heavy atom. The molecule has 3 nitrogen and oxygen atoms in total. The fourth-order valence-electron chi connectivity index (χ4n) is 2.92. The van der Waals surface area contributed by atoms with E-state index in [2.05, 4.69) is 12.2 Å². The van der Waals surface area contributed by atoms with Crippen LogP contribution in [0.2, 0.25) is 0 Å². The first-order valence-corrected chi connectivity index (χ1v) is 7.43. The predicted molar refractivity (Wildman–Crippen MR) is 77.2 cm³/mol. The number of aliphatic hydroxyl groups excluding tert-OH is 1. The van der Waals surface area contributed by atoms with Crippen LogP contribution in [-0.2, 0) is 0 Å². The Bertz CT molecular complexity index is 394. The van der Waals surface area contributed by atoms with E-state index in [0.29, 0.717) is 6.04 Å². The van der Waals surface area contributed by atoms with E-state index in [0.717, 1.165) is 12.0 Å². The molecule has 1 heterocycles. The van der Waals surface area contributed by atoms with Gasteiger partial charge < -0.3 is 15.5 Å². The van der Waals surface area contributed by atoms with Crippen molar-refractivity contribution in [2.24, 2.45) is 0 Å². The van der Waals surface area contributed by atoms with Crippen molar-refractivity contribution < 1.29 is 10.2 Å². The minimum absolute atomic E-state index is 0.109. The normalized spacial score (nSPS) is 25.2. The number of phenolic OH excluding ortho intramolecular Hbond substituents is 1. The number of benzene rings is 1. The van der Waals surface area contributed by atoms with Gasteiger partial charge >= 0.3 is 0 Å². The van der Waals surface area contributed by atoms with E-state index in [1.54, 1.807) is 18.2 Å². The summed E-state index contributed by atoms with van der Waals surface area (Å²) < 4.78 is 0. The molecule has 0 aliphatic carbocycles. The molecule has 3 N–H and O–H groups in total. The van der Waals surface area contributed by atoms with Crippen molar-refractivity contribution in [1.82, 2.24) is 5.32 Å². The van der Waals surface area contributed by atoms with Gasteiger partial charge in [-0.25, -0.2) is 0 Å². The van der Waals surface area contributed by atoms with E-state index in [-0.39, 0.29) is 11.8 Å². The van der Waals surface area contributed by atoms with Crippen LogP contribution in [0.1, 0.15) is 57.1 Å². The van der Waals surface area contributed by atoms with Crippen LogP contribution >= 0.6 is 0 Å². The molecule has 1 fully saturated rings. The van der Waals surface area contributed by atoms with Crippen LogP contribution in [0.15, 0.2) is 24.3 Å². The van der Waals surface area contributed by atoms with Gasteiger partial charge in [-0.1, -0.05) is 38.3 Å². The molecule has 3 atom stereocenters. The number of unbranched alkanes of at least 4 members (excludes halogenated alkanes) is 1. The third-order valence-electron chi connectivity index (χ3n) is 4.02. The van der Waals surface area contributed by atoms with Gasteiger partial charge in [-0.15, -0.1) is 0 Å². The van der Waals surface area contributed by atoms with E-state index in [1.807, 2.05) is 6.07 Å². The standard InChI is InChI=1S/C16H25NO2/c1-2-3-7-13-8-5-10-15(17-13)16(19)12-6-4-9-14(18)11-12/h4,6,9,11,13,15-19H,2-3,5,7-8,10H2,1H3/t13?,15-,16+/m0/s1. The highest BCUT2D eigenvalue weighted by molar-refractivity contribution is 5.29. The smallest absolute Gasteiger partial charge is 0.115 e. The zero-order valence-electron chi connectivity index (χ0n) is 11.7. The molecule has 1 aliphatic heterocycles. The Kier molecular flexibility index (Phi) is 5.23. The van der Waals surface area contributed by atoms with E-state index >= 15 is 0 Å². The topological polar surface area (TPSA) is 52.5 Å². The van der Waals surface area contributed by atoms with Gasteiger partial charge in [0.2, 0.25) is 0 Å². The summed E-state index contributed by atoms with van der Waals surface area (Å²) in [6.45, 7) is 2.21. The van der Waals surface area contributed by atoms with Crippen molar-refractivity contribution in [3.8, 4) is 5.75 Å². The lowest BCUT2D eigenvalue weighted by Gasteiger charge is -2.34. The highest BCUT2D eigenvalue weighted by Crippen LogP contribution is 2.27. The highest BCUT2D eigenvalue weighted by atomic mass is 16.3. The molecule has 0 radical (unpaired) electrons. The fourth-order valence-corrected chi connectivity index (χ4v) is 2.92. The second-order valence-electron chi connectivity index (χ2n) is 5.58. The molecule has 1 aliphatic rings. The fraction of sp³-hybridized carbons (Fsp3) is 0.625. The maximum atomic E-state index is 10.4. The molecule has 0 saturated carbocycles. The number of hydrogen-bond acceptors (Lipinski definition) is 3. The molecule has 3 heteroatoms. The summed E-state index contributed by atoms with van der Waals surface area (Å²) in [7, 11) is 0. The third kappa shape index (κ3) is 3.95. The molecule has 19 heavy (non-hydrogen) atoms. The van der Waals surface area contributed by atoms with Gasteiger partial charge in [0.05, 0.1) is 6.10 Å². The lowest BCUT2D eigenvalue weighted by atomic mass is 9.90. The van der Waals surface area contributed by atoms with Crippen molar-refractivity contribution >= 4 is 0 Å². The summed E-state index contributed by atoms with van der Waals surface area (Å²) in [4.78, 5) is 0. The first kappa shape index (κ1) is 14.4. The average Bonchev–Trinajstić information content (AvgIpc) is 2.44. The Hall–Kier alpha value is -1.06. The maximum Gasteiger partial charge on any atom is 0.115 e. The summed E-state index contributed by atoms with van der Waals surface area (Å²) in [5.41, 5.74) is 0.800. The molecule has 1 saturated heterocycles. The summed E-state index contributed by atoms with van der Waals surface area (Å²) >= 11 is 0. The van der Waals surface area contributed by atoms with Gasteiger partial charge in [0, 0.05) is 12.1 Å². The monoisotopic (exact) mass is 263 g/mol. The van der Waals surface area contributed by atoms with Gasteiger partial charge in [-0.3, -0.25) is 0 Å². The summed E-state index contributed by atoms with van der Waals surface area (Å²) in [5, 5.41) is 23.5. The first-order chi connectivity index (χ1) is 9.20. The quantitative estimate of drug-likeness (QED) is 0.765. The molecule has 1 unspecified atom stereocenters. The number of aliphatic hydroxyl groups is 1. The van der Waals surface area contributed by atoms with Crippen LogP contribution in [0, 0.1) is 0 Å². The second-order valence-corrected chi connectivity index (χ2v) is 5.58. The van der Waals surface area contributed by atoms with Crippen LogP contribution < -0.4 is 5.32 Å². The second kappa shape index (κ2) is 6.92. The van der Waals surface area contributed by atoms with Crippen LogP contribution in [0.3, 0.4) is 0 Å². The molecular formula is C16H25NO2. The largest absolute Gasteiger partial charge is 0.508 e. The summed E-state index contributed by atoms with van der Waals surface area (Å²) in [6, 6.07) is 7.59. The Morgan fingerprint density at radius 3 is 2.95 bits per heavy atom. The summed E-state index contributed by atoms with van der Waals surface area (Å²) in [5.74, 6) is 0.217. The van der Waals surface area contributed by atoms with E-state index < -0.39 is 6.10 Å². The predicted octanol–water partition coefficient (Wildman–Crippen LogP) is 3.13. The third-order valence-corrected chi connectivity index (χ3v) is 4.02. The molecule has 0 bridgehead atoms.